The lowest BCUT2D eigenvalue weighted by atomic mass is 9.93. The number of hydrogen-bond donors (Lipinski definition) is 2. The number of nitrogens with zero attached hydrogens (tertiary/aromatic N) is 4. The van der Waals surface area contributed by atoms with Crippen molar-refractivity contribution >= 4 is 45.0 Å². The van der Waals surface area contributed by atoms with Gasteiger partial charge in [0, 0.05) is 45.0 Å². The van der Waals surface area contributed by atoms with Gasteiger partial charge in [-0.15, -0.1) is 0 Å². The van der Waals surface area contributed by atoms with E-state index in [0.717, 1.165) is 62.8 Å². The highest BCUT2D eigenvalue weighted by Crippen LogP contribution is 2.42. The number of halogens is 1. The average molecular weight is 441 g/mol. The Hall–Kier alpha value is -3.64. The molecule has 0 atom stereocenters. The summed E-state index contributed by atoms with van der Waals surface area (Å²) in [4.78, 5) is 13.7. The van der Waals surface area contributed by atoms with Crippen LogP contribution in [0.5, 0.6) is 0 Å². The molecule has 0 unspecified atom stereocenters. The van der Waals surface area contributed by atoms with Crippen LogP contribution in [0.15, 0.2) is 61.1 Å². The van der Waals surface area contributed by atoms with Gasteiger partial charge in [-0.2, -0.15) is 0 Å². The zero-order valence-electron chi connectivity index (χ0n) is 17.3. The Morgan fingerprint density at radius 1 is 0.938 bits per heavy atom. The zero-order chi connectivity index (χ0) is 21.8. The van der Waals surface area contributed by atoms with Gasteiger partial charge in [0.15, 0.2) is 0 Å². The maximum atomic E-state index is 6.77. The van der Waals surface area contributed by atoms with Crippen molar-refractivity contribution in [1.29, 1.82) is 0 Å². The SMILES string of the molecule is Nc1ccc(-c2ccc3cc(Cl)c(-c4cn(C5CCC5)c5ncnc(N)c45)cc3n2)cc1. The Morgan fingerprint density at radius 2 is 1.75 bits per heavy atom. The monoisotopic (exact) mass is 440 g/mol. The number of benzene rings is 2. The first-order valence-electron chi connectivity index (χ1n) is 10.7. The first-order chi connectivity index (χ1) is 15.6. The van der Waals surface area contributed by atoms with Crippen LogP contribution in [-0.2, 0) is 0 Å². The fourth-order valence-corrected chi connectivity index (χ4v) is 4.69. The number of nitrogen functional groups attached to an aromatic ring is 2. The maximum Gasteiger partial charge on any atom is 0.146 e. The molecule has 0 spiro atoms. The molecule has 0 aliphatic heterocycles. The predicted octanol–water partition coefficient (Wildman–Crippen LogP) is 5.86. The topological polar surface area (TPSA) is 95.6 Å². The molecule has 0 amide bonds. The average Bonchev–Trinajstić information content (AvgIpc) is 3.12. The summed E-state index contributed by atoms with van der Waals surface area (Å²) in [6.45, 7) is 0. The van der Waals surface area contributed by atoms with Gasteiger partial charge in [0.1, 0.15) is 17.8 Å². The molecule has 3 aromatic heterocycles. The van der Waals surface area contributed by atoms with Crippen molar-refractivity contribution in [3.63, 3.8) is 0 Å². The van der Waals surface area contributed by atoms with E-state index in [1.807, 2.05) is 48.5 Å². The predicted molar refractivity (Wildman–Crippen MR) is 130 cm³/mol. The highest BCUT2D eigenvalue weighted by molar-refractivity contribution is 6.34. The lowest BCUT2D eigenvalue weighted by Gasteiger charge is -2.27. The van der Waals surface area contributed by atoms with Gasteiger partial charge >= 0.3 is 0 Å². The van der Waals surface area contributed by atoms with Gasteiger partial charge in [0.2, 0.25) is 0 Å². The lowest BCUT2D eigenvalue weighted by molar-refractivity contribution is 0.320. The number of anilines is 2. The van der Waals surface area contributed by atoms with Crippen LogP contribution in [0, 0.1) is 0 Å². The van der Waals surface area contributed by atoms with Crippen LogP contribution >= 0.6 is 11.6 Å². The Morgan fingerprint density at radius 3 is 2.50 bits per heavy atom. The van der Waals surface area contributed by atoms with Crippen molar-refractivity contribution < 1.29 is 0 Å². The molecule has 6 nitrogen and oxygen atoms in total. The number of pyridine rings is 1. The molecule has 7 heteroatoms. The van der Waals surface area contributed by atoms with Crippen LogP contribution in [0.1, 0.15) is 25.3 Å². The Bertz CT molecular complexity index is 1480. The van der Waals surface area contributed by atoms with E-state index in [9.17, 15) is 0 Å². The van der Waals surface area contributed by atoms with Crippen molar-refractivity contribution in [1.82, 2.24) is 19.5 Å². The van der Waals surface area contributed by atoms with Crippen molar-refractivity contribution in [2.45, 2.75) is 25.3 Å². The third-order valence-electron chi connectivity index (χ3n) is 6.38. The van der Waals surface area contributed by atoms with Crippen molar-refractivity contribution in [3.8, 4) is 22.4 Å². The van der Waals surface area contributed by atoms with E-state index in [2.05, 4.69) is 20.7 Å². The quantitative estimate of drug-likeness (QED) is 0.343. The molecule has 0 bridgehead atoms. The van der Waals surface area contributed by atoms with E-state index in [1.165, 1.54) is 12.7 Å². The maximum absolute atomic E-state index is 6.77. The second-order valence-corrected chi connectivity index (χ2v) is 8.74. The fourth-order valence-electron chi connectivity index (χ4n) is 4.42. The standard InChI is InChI=1S/C25H21ClN6/c26-20-10-15-6-9-21(14-4-7-16(27)8-5-14)31-22(15)11-18(20)19-12-32(17-2-1-3-17)25-23(19)24(28)29-13-30-25/h4-13,17H,1-3,27H2,(H2,28,29,30). The zero-order valence-corrected chi connectivity index (χ0v) is 18.0. The van der Waals surface area contributed by atoms with Crippen LogP contribution in [0.4, 0.5) is 11.5 Å². The lowest BCUT2D eigenvalue weighted by Crippen LogP contribution is -2.16. The third-order valence-corrected chi connectivity index (χ3v) is 6.69. The highest BCUT2D eigenvalue weighted by atomic mass is 35.5. The number of aromatic nitrogens is 4. The second kappa shape index (κ2) is 7.21. The molecule has 4 N–H and O–H groups in total. The Kier molecular flexibility index (Phi) is 4.30. The smallest absolute Gasteiger partial charge is 0.146 e. The van der Waals surface area contributed by atoms with E-state index in [-0.39, 0.29) is 0 Å². The van der Waals surface area contributed by atoms with Gasteiger partial charge in [-0.05, 0) is 49.6 Å². The van der Waals surface area contributed by atoms with Crippen molar-refractivity contribution in [2.24, 2.45) is 0 Å². The number of hydrogen-bond acceptors (Lipinski definition) is 5. The van der Waals surface area contributed by atoms with Crippen molar-refractivity contribution in [2.75, 3.05) is 11.5 Å². The Labute approximate surface area is 189 Å². The molecule has 2 aromatic carbocycles. The summed E-state index contributed by atoms with van der Waals surface area (Å²) in [5.74, 6) is 0.461. The van der Waals surface area contributed by atoms with E-state index >= 15 is 0 Å². The largest absolute Gasteiger partial charge is 0.399 e. The fraction of sp³-hybridized carbons (Fsp3) is 0.160. The van der Waals surface area contributed by atoms with Gasteiger partial charge in [0.05, 0.1) is 16.6 Å². The van der Waals surface area contributed by atoms with Crippen LogP contribution in [0.2, 0.25) is 5.02 Å². The number of rotatable bonds is 3. The first kappa shape index (κ1) is 19.1. The molecule has 32 heavy (non-hydrogen) atoms. The number of fused-ring (bicyclic) bond motifs is 2. The summed E-state index contributed by atoms with van der Waals surface area (Å²) in [7, 11) is 0. The van der Waals surface area contributed by atoms with Crippen LogP contribution < -0.4 is 11.5 Å². The minimum Gasteiger partial charge on any atom is -0.399 e. The summed E-state index contributed by atoms with van der Waals surface area (Å²) in [5, 5.41) is 2.47. The minimum absolute atomic E-state index is 0.440. The van der Waals surface area contributed by atoms with Crippen molar-refractivity contribution in [3.05, 3.63) is 66.1 Å². The van der Waals surface area contributed by atoms with Gasteiger partial charge in [0.25, 0.3) is 0 Å². The molecule has 1 aliphatic rings. The summed E-state index contributed by atoms with van der Waals surface area (Å²) in [5.41, 5.74) is 18.3. The summed E-state index contributed by atoms with van der Waals surface area (Å²) in [6.07, 6.45) is 7.17. The molecule has 6 rings (SSSR count). The summed E-state index contributed by atoms with van der Waals surface area (Å²) < 4.78 is 2.23. The van der Waals surface area contributed by atoms with Gasteiger partial charge in [-0.1, -0.05) is 29.8 Å². The van der Waals surface area contributed by atoms with Gasteiger partial charge in [-0.25, -0.2) is 15.0 Å². The van der Waals surface area contributed by atoms with E-state index in [1.54, 1.807) is 0 Å². The highest BCUT2D eigenvalue weighted by Gasteiger charge is 2.25. The van der Waals surface area contributed by atoms with Gasteiger partial charge in [-0.3, -0.25) is 0 Å². The second-order valence-electron chi connectivity index (χ2n) is 8.34. The molecule has 3 heterocycles. The molecular weight excluding hydrogens is 420 g/mol. The molecule has 158 valence electrons. The first-order valence-corrected chi connectivity index (χ1v) is 11.0. The normalized spacial score (nSPS) is 14.2. The molecule has 0 radical (unpaired) electrons. The molecule has 5 aromatic rings. The van der Waals surface area contributed by atoms with Gasteiger partial charge < -0.3 is 16.0 Å². The minimum atomic E-state index is 0.440. The number of nitrogens with two attached hydrogens (primary N) is 2. The van der Waals surface area contributed by atoms with Crippen LogP contribution in [0.25, 0.3) is 44.3 Å². The molecule has 1 saturated carbocycles. The van der Waals surface area contributed by atoms with E-state index < -0.39 is 0 Å². The van der Waals surface area contributed by atoms with Crippen LogP contribution in [-0.4, -0.2) is 19.5 Å². The third kappa shape index (κ3) is 2.99. The molecular formula is C25H21ClN6. The molecule has 0 saturated heterocycles. The Balaban J connectivity index is 1.55. The van der Waals surface area contributed by atoms with E-state index in [0.29, 0.717) is 16.9 Å². The summed E-state index contributed by atoms with van der Waals surface area (Å²) >= 11 is 6.77. The van der Waals surface area contributed by atoms with E-state index in [4.69, 9.17) is 28.1 Å². The molecule has 1 fully saturated rings. The molecule has 1 aliphatic carbocycles. The van der Waals surface area contributed by atoms with Crippen LogP contribution in [0.3, 0.4) is 0 Å². The summed E-state index contributed by atoms with van der Waals surface area (Å²) in [6, 6.07) is 16.2.